The monoisotopic (exact) mass is 388 g/mol. The lowest BCUT2D eigenvalue weighted by atomic mass is 9.98. The summed E-state index contributed by atoms with van der Waals surface area (Å²) in [6.45, 7) is 3.26. The van der Waals surface area contributed by atoms with Gasteiger partial charge < -0.3 is 9.42 Å². The Morgan fingerprint density at radius 1 is 1.14 bits per heavy atom. The predicted molar refractivity (Wildman–Crippen MR) is 106 cm³/mol. The maximum absolute atomic E-state index is 13.2. The van der Waals surface area contributed by atoms with Crippen LogP contribution in [0.1, 0.15) is 29.2 Å². The molecule has 0 N–H and O–H groups in total. The van der Waals surface area contributed by atoms with Crippen molar-refractivity contribution in [2.24, 2.45) is 13.0 Å². The van der Waals surface area contributed by atoms with Crippen LogP contribution >= 0.6 is 0 Å². The maximum Gasteiger partial charge on any atom is 0.275 e. The van der Waals surface area contributed by atoms with E-state index in [1.54, 1.807) is 17.1 Å². The molecule has 29 heavy (non-hydrogen) atoms. The zero-order chi connectivity index (χ0) is 20.0. The first-order valence-electron chi connectivity index (χ1n) is 9.57. The summed E-state index contributed by atoms with van der Waals surface area (Å²) < 4.78 is 7.29. The van der Waals surface area contributed by atoms with Gasteiger partial charge in [0.25, 0.3) is 5.91 Å². The topological polar surface area (TPSA) is 89.9 Å². The SMILES string of the molecule is CC1CN(C(=O)c2nn(C)c3ccccc23)CC1c1nc(-c2ccncc2)no1. The van der Waals surface area contributed by atoms with E-state index in [-0.39, 0.29) is 17.7 Å². The van der Waals surface area contributed by atoms with Gasteiger partial charge in [-0.1, -0.05) is 30.3 Å². The van der Waals surface area contributed by atoms with Crippen LogP contribution in [0.2, 0.25) is 0 Å². The third-order valence-electron chi connectivity index (χ3n) is 5.56. The Labute approximate surface area is 167 Å². The summed E-state index contributed by atoms with van der Waals surface area (Å²) in [6.07, 6.45) is 3.39. The van der Waals surface area contributed by atoms with Crippen molar-refractivity contribution < 1.29 is 9.32 Å². The first kappa shape index (κ1) is 17.5. The van der Waals surface area contributed by atoms with E-state index in [0.29, 0.717) is 30.5 Å². The van der Waals surface area contributed by atoms with Crippen molar-refractivity contribution in [1.29, 1.82) is 0 Å². The van der Waals surface area contributed by atoms with Crippen LogP contribution < -0.4 is 0 Å². The first-order chi connectivity index (χ1) is 14.1. The molecule has 2 unspecified atom stereocenters. The van der Waals surface area contributed by atoms with Crippen molar-refractivity contribution in [2.75, 3.05) is 13.1 Å². The van der Waals surface area contributed by atoms with Gasteiger partial charge in [-0.2, -0.15) is 10.1 Å². The van der Waals surface area contributed by atoms with E-state index in [1.165, 1.54) is 0 Å². The molecule has 0 aliphatic carbocycles. The minimum Gasteiger partial charge on any atom is -0.339 e. The Balaban J connectivity index is 1.40. The molecule has 0 saturated carbocycles. The number of fused-ring (bicyclic) bond motifs is 1. The Morgan fingerprint density at radius 2 is 1.93 bits per heavy atom. The number of hydrogen-bond acceptors (Lipinski definition) is 6. The second-order valence-corrected chi connectivity index (χ2v) is 7.48. The van der Waals surface area contributed by atoms with Crippen molar-refractivity contribution in [3.8, 4) is 11.4 Å². The van der Waals surface area contributed by atoms with E-state index in [4.69, 9.17) is 4.52 Å². The summed E-state index contributed by atoms with van der Waals surface area (Å²) in [7, 11) is 1.85. The molecule has 0 radical (unpaired) electrons. The fraction of sp³-hybridized carbons (Fsp3) is 0.286. The number of hydrogen-bond donors (Lipinski definition) is 0. The highest BCUT2D eigenvalue weighted by Crippen LogP contribution is 2.33. The molecule has 4 aromatic rings. The number of benzene rings is 1. The van der Waals surface area contributed by atoms with Crippen LogP contribution in [0, 0.1) is 5.92 Å². The Morgan fingerprint density at radius 3 is 2.76 bits per heavy atom. The van der Waals surface area contributed by atoms with E-state index >= 15 is 0 Å². The van der Waals surface area contributed by atoms with Crippen molar-refractivity contribution in [3.63, 3.8) is 0 Å². The van der Waals surface area contributed by atoms with Gasteiger partial charge in [0.05, 0.1) is 11.4 Å². The molecule has 3 aromatic heterocycles. The number of pyridine rings is 1. The van der Waals surface area contributed by atoms with Crippen molar-refractivity contribution in [1.82, 2.24) is 29.8 Å². The number of likely N-dealkylation sites (tertiary alicyclic amines) is 1. The van der Waals surface area contributed by atoms with Gasteiger partial charge in [-0.15, -0.1) is 0 Å². The number of nitrogens with zero attached hydrogens (tertiary/aromatic N) is 6. The van der Waals surface area contributed by atoms with E-state index < -0.39 is 0 Å². The van der Waals surface area contributed by atoms with E-state index in [2.05, 4.69) is 27.1 Å². The molecule has 0 spiro atoms. The van der Waals surface area contributed by atoms with Gasteiger partial charge in [-0.25, -0.2) is 0 Å². The number of carbonyl (C=O) groups excluding carboxylic acids is 1. The lowest BCUT2D eigenvalue weighted by Gasteiger charge is -2.14. The zero-order valence-electron chi connectivity index (χ0n) is 16.2. The van der Waals surface area contributed by atoms with Gasteiger partial charge in [-0.05, 0) is 24.1 Å². The highest BCUT2D eigenvalue weighted by atomic mass is 16.5. The molecule has 1 amide bonds. The van der Waals surface area contributed by atoms with Crippen LogP contribution in [-0.2, 0) is 7.05 Å². The van der Waals surface area contributed by atoms with Gasteiger partial charge in [0.1, 0.15) is 0 Å². The average Bonchev–Trinajstić information content (AvgIpc) is 3.46. The predicted octanol–water partition coefficient (Wildman–Crippen LogP) is 2.89. The molecule has 1 aliphatic rings. The summed E-state index contributed by atoms with van der Waals surface area (Å²) in [6, 6.07) is 11.5. The summed E-state index contributed by atoms with van der Waals surface area (Å²) in [5, 5.41) is 9.44. The van der Waals surface area contributed by atoms with Crippen LogP contribution in [0.25, 0.3) is 22.3 Å². The van der Waals surface area contributed by atoms with Crippen molar-refractivity contribution >= 4 is 16.8 Å². The highest BCUT2D eigenvalue weighted by Gasteiger charge is 2.38. The summed E-state index contributed by atoms with van der Waals surface area (Å²) in [5.74, 6) is 1.24. The van der Waals surface area contributed by atoms with Gasteiger partial charge in [0.15, 0.2) is 5.69 Å². The van der Waals surface area contributed by atoms with E-state index in [0.717, 1.165) is 16.5 Å². The molecule has 146 valence electrons. The van der Waals surface area contributed by atoms with E-state index in [9.17, 15) is 4.79 Å². The zero-order valence-corrected chi connectivity index (χ0v) is 16.2. The lowest BCUT2D eigenvalue weighted by molar-refractivity contribution is 0.0781. The van der Waals surface area contributed by atoms with Gasteiger partial charge >= 0.3 is 0 Å². The average molecular weight is 388 g/mol. The molecule has 8 nitrogen and oxygen atoms in total. The third kappa shape index (κ3) is 2.97. The molecule has 2 atom stereocenters. The number of carbonyl (C=O) groups is 1. The van der Waals surface area contributed by atoms with Gasteiger partial charge in [0, 0.05) is 43.5 Å². The summed E-state index contributed by atoms with van der Waals surface area (Å²) in [4.78, 5) is 23.6. The fourth-order valence-corrected chi connectivity index (χ4v) is 3.98. The van der Waals surface area contributed by atoms with Crippen LogP contribution in [0.3, 0.4) is 0 Å². The van der Waals surface area contributed by atoms with Crippen LogP contribution in [-0.4, -0.2) is 48.8 Å². The molecular weight excluding hydrogens is 368 g/mol. The standard InChI is InChI=1S/C21H20N6O2/c1-13-11-27(21(28)18-15-5-3-4-6-17(15)26(2)24-18)12-16(13)20-23-19(25-29-20)14-7-9-22-10-8-14/h3-10,13,16H,11-12H2,1-2H3. The Hall–Kier alpha value is -3.55. The molecule has 5 rings (SSSR count). The third-order valence-corrected chi connectivity index (χ3v) is 5.56. The number of aromatic nitrogens is 5. The van der Waals surface area contributed by atoms with Crippen molar-refractivity contribution in [2.45, 2.75) is 12.8 Å². The molecule has 0 bridgehead atoms. The smallest absolute Gasteiger partial charge is 0.275 e. The number of rotatable bonds is 3. The minimum atomic E-state index is -0.0648. The van der Waals surface area contributed by atoms with E-state index in [1.807, 2.05) is 48.3 Å². The quantitative estimate of drug-likeness (QED) is 0.536. The molecule has 4 heterocycles. The lowest BCUT2D eigenvalue weighted by Crippen LogP contribution is -2.29. The molecule has 1 aliphatic heterocycles. The van der Waals surface area contributed by atoms with Gasteiger partial charge in [0.2, 0.25) is 11.7 Å². The van der Waals surface area contributed by atoms with Crippen molar-refractivity contribution in [3.05, 3.63) is 60.4 Å². The highest BCUT2D eigenvalue weighted by molar-refractivity contribution is 6.05. The number of amides is 1. The van der Waals surface area contributed by atoms with Crippen LogP contribution in [0.4, 0.5) is 0 Å². The normalized spacial score (nSPS) is 19.2. The van der Waals surface area contributed by atoms with Crippen LogP contribution in [0.15, 0.2) is 53.3 Å². The Bertz CT molecular complexity index is 1180. The largest absolute Gasteiger partial charge is 0.339 e. The fourth-order valence-electron chi connectivity index (χ4n) is 3.98. The molecule has 8 heteroatoms. The second-order valence-electron chi connectivity index (χ2n) is 7.48. The Kier molecular flexibility index (Phi) is 4.12. The van der Waals surface area contributed by atoms with Crippen LogP contribution in [0.5, 0.6) is 0 Å². The first-order valence-corrected chi connectivity index (χ1v) is 9.57. The maximum atomic E-state index is 13.2. The van der Waals surface area contributed by atoms with Gasteiger partial charge in [-0.3, -0.25) is 14.5 Å². The summed E-state index contributed by atoms with van der Waals surface area (Å²) in [5.41, 5.74) is 2.28. The number of aryl methyl sites for hydroxylation is 1. The second kappa shape index (κ2) is 6.80. The molecule has 1 fully saturated rings. The molecule has 1 saturated heterocycles. The molecular formula is C21H20N6O2. The number of para-hydroxylation sites is 1. The minimum absolute atomic E-state index is 0.00277. The summed E-state index contributed by atoms with van der Waals surface area (Å²) >= 11 is 0. The molecule has 1 aromatic carbocycles.